The summed E-state index contributed by atoms with van der Waals surface area (Å²) >= 11 is 0. The molecule has 0 bridgehead atoms. The lowest BCUT2D eigenvalue weighted by atomic mass is 9.80. The zero-order valence-corrected chi connectivity index (χ0v) is 17.8. The molecule has 0 aromatic heterocycles. The predicted octanol–water partition coefficient (Wildman–Crippen LogP) is 4.01. The number of benzene rings is 2. The second-order valence-corrected chi connectivity index (χ2v) is 10.7. The smallest absolute Gasteiger partial charge is 0.258 e. The number of halogens is 1. The highest BCUT2D eigenvalue weighted by Crippen LogP contribution is 2.51. The summed E-state index contributed by atoms with van der Waals surface area (Å²) in [5.74, 6) is -0.371. The van der Waals surface area contributed by atoms with E-state index in [9.17, 15) is 17.6 Å². The molecule has 1 spiro atoms. The van der Waals surface area contributed by atoms with Crippen LogP contribution in [-0.2, 0) is 21.9 Å². The van der Waals surface area contributed by atoms with Gasteiger partial charge in [0, 0.05) is 29.6 Å². The molecule has 0 radical (unpaired) electrons. The van der Waals surface area contributed by atoms with Crippen molar-refractivity contribution in [3.63, 3.8) is 0 Å². The molecule has 7 heteroatoms. The largest absolute Gasteiger partial charge is 0.307 e. The summed E-state index contributed by atoms with van der Waals surface area (Å²) in [7, 11) is -3.35. The van der Waals surface area contributed by atoms with Crippen LogP contribution in [0.4, 0.5) is 15.8 Å². The van der Waals surface area contributed by atoms with Gasteiger partial charge >= 0.3 is 0 Å². The van der Waals surface area contributed by atoms with Crippen LogP contribution in [0.15, 0.2) is 36.4 Å². The fraction of sp³-hybridized carbons (Fsp3) is 0.435. The van der Waals surface area contributed by atoms with E-state index < -0.39 is 10.0 Å². The molecule has 0 N–H and O–H groups in total. The highest BCUT2D eigenvalue weighted by atomic mass is 32.2. The fourth-order valence-corrected chi connectivity index (χ4v) is 6.56. The van der Waals surface area contributed by atoms with Gasteiger partial charge in [-0.25, -0.2) is 12.8 Å². The number of carbonyl (C=O) groups excluding carboxylic acids is 1. The Morgan fingerprint density at radius 3 is 2.57 bits per heavy atom. The normalized spacial score (nSPS) is 19.8. The van der Waals surface area contributed by atoms with Gasteiger partial charge in [-0.05, 0) is 61.6 Å². The van der Waals surface area contributed by atoms with Crippen LogP contribution in [0.5, 0.6) is 0 Å². The minimum absolute atomic E-state index is 0.148. The second-order valence-electron chi connectivity index (χ2n) is 8.79. The Labute approximate surface area is 176 Å². The Kier molecular flexibility index (Phi) is 4.43. The van der Waals surface area contributed by atoms with E-state index in [1.165, 1.54) is 16.6 Å². The van der Waals surface area contributed by atoms with Gasteiger partial charge in [0.25, 0.3) is 5.91 Å². The molecule has 2 aromatic rings. The topological polar surface area (TPSA) is 57.7 Å². The van der Waals surface area contributed by atoms with Gasteiger partial charge in [0.15, 0.2) is 0 Å². The van der Waals surface area contributed by atoms with Gasteiger partial charge in [0.2, 0.25) is 10.0 Å². The van der Waals surface area contributed by atoms with Gasteiger partial charge in [-0.2, -0.15) is 0 Å². The first kappa shape index (κ1) is 19.5. The number of hydrogen-bond acceptors (Lipinski definition) is 3. The summed E-state index contributed by atoms with van der Waals surface area (Å²) in [6, 6.07) is 10.2. The first-order valence-corrected chi connectivity index (χ1v) is 12.4. The zero-order valence-electron chi connectivity index (χ0n) is 17.0. The third-order valence-electron chi connectivity index (χ3n) is 6.88. The monoisotopic (exact) mass is 428 g/mol. The second kappa shape index (κ2) is 6.80. The van der Waals surface area contributed by atoms with Crippen LogP contribution < -0.4 is 9.21 Å². The van der Waals surface area contributed by atoms with Crippen molar-refractivity contribution in [1.82, 2.24) is 0 Å². The summed E-state index contributed by atoms with van der Waals surface area (Å²) in [6.45, 7) is 0.967. The lowest BCUT2D eigenvalue weighted by Crippen LogP contribution is -2.36. The van der Waals surface area contributed by atoms with Gasteiger partial charge in [0.05, 0.1) is 17.6 Å². The average Bonchev–Trinajstić information content (AvgIpc) is 3.32. The van der Waals surface area contributed by atoms with Gasteiger partial charge in [-0.1, -0.05) is 18.9 Å². The number of amides is 1. The molecular weight excluding hydrogens is 403 g/mol. The maximum atomic E-state index is 14.8. The number of aryl methyl sites for hydroxylation is 1. The van der Waals surface area contributed by atoms with E-state index >= 15 is 0 Å². The Hall–Kier alpha value is -2.41. The van der Waals surface area contributed by atoms with E-state index in [4.69, 9.17) is 0 Å². The Balaban J connectivity index is 1.53. The quantitative estimate of drug-likeness (QED) is 0.726. The van der Waals surface area contributed by atoms with Crippen LogP contribution in [0, 0.1) is 5.82 Å². The van der Waals surface area contributed by atoms with E-state index in [2.05, 4.69) is 0 Å². The van der Waals surface area contributed by atoms with E-state index in [0.717, 1.165) is 44.1 Å². The number of sulfonamides is 1. The van der Waals surface area contributed by atoms with Crippen LogP contribution in [-0.4, -0.2) is 33.7 Å². The highest BCUT2D eigenvalue weighted by molar-refractivity contribution is 7.92. The van der Waals surface area contributed by atoms with Crippen molar-refractivity contribution in [2.75, 3.05) is 28.6 Å². The number of hydrogen-bond donors (Lipinski definition) is 0. The van der Waals surface area contributed by atoms with E-state index in [-0.39, 0.29) is 17.1 Å². The molecule has 1 aliphatic carbocycles. The molecule has 0 unspecified atom stereocenters. The highest BCUT2D eigenvalue weighted by Gasteiger charge is 2.48. The predicted molar refractivity (Wildman–Crippen MR) is 115 cm³/mol. The van der Waals surface area contributed by atoms with Crippen molar-refractivity contribution in [3.05, 3.63) is 58.9 Å². The van der Waals surface area contributed by atoms with Crippen LogP contribution >= 0.6 is 0 Å². The molecule has 3 aliphatic rings. The molecule has 2 aliphatic heterocycles. The SMILES string of the molecule is CS(=O)(=O)N1CCCc2cc(C(=O)N3CC4(CCCC4)c4c(F)cccc43)ccc21. The molecular formula is C23H25FN2O3S. The maximum Gasteiger partial charge on any atom is 0.258 e. The lowest BCUT2D eigenvalue weighted by Gasteiger charge is -2.30. The maximum absolute atomic E-state index is 14.8. The van der Waals surface area contributed by atoms with Crippen LogP contribution in [0.3, 0.4) is 0 Å². The van der Waals surface area contributed by atoms with E-state index in [1.54, 1.807) is 23.1 Å². The molecule has 1 amide bonds. The number of anilines is 2. The third-order valence-corrected chi connectivity index (χ3v) is 8.06. The molecule has 2 aromatic carbocycles. The standard InChI is InChI=1S/C23H25FN2O3S/c1-30(28,29)26-13-5-6-16-14-17(9-10-19(16)26)22(27)25-15-23(11-2-3-12-23)21-18(24)7-4-8-20(21)25/h4,7-10,14H,2-3,5-6,11-13,15H2,1H3. The minimum atomic E-state index is -3.35. The Morgan fingerprint density at radius 2 is 1.83 bits per heavy atom. The number of carbonyl (C=O) groups is 1. The average molecular weight is 429 g/mol. The lowest BCUT2D eigenvalue weighted by molar-refractivity contribution is 0.0985. The number of fused-ring (bicyclic) bond motifs is 3. The third kappa shape index (κ3) is 2.94. The molecule has 1 fully saturated rings. The molecule has 0 saturated heterocycles. The Bertz CT molecular complexity index is 1140. The van der Waals surface area contributed by atoms with Gasteiger partial charge in [0.1, 0.15) is 5.82 Å². The first-order valence-electron chi connectivity index (χ1n) is 10.5. The van der Waals surface area contributed by atoms with E-state index in [0.29, 0.717) is 35.6 Å². The molecule has 0 atom stereocenters. The van der Waals surface area contributed by atoms with Crippen LogP contribution in [0.25, 0.3) is 0 Å². The number of nitrogens with zero attached hydrogens (tertiary/aromatic N) is 2. The number of rotatable bonds is 2. The minimum Gasteiger partial charge on any atom is -0.307 e. The first-order chi connectivity index (χ1) is 14.3. The fourth-order valence-electron chi connectivity index (χ4n) is 5.57. The molecule has 1 saturated carbocycles. The van der Waals surface area contributed by atoms with Crippen LogP contribution in [0.1, 0.15) is 53.6 Å². The van der Waals surface area contributed by atoms with Crippen molar-refractivity contribution >= 4 is 27.3 Å². The summed E-state index contributed by atoms with van der Waals surface area (Å²) in [4.78, 5) is 15.2. The van der Waals surface area contributed by atoms with Crippen molar-refractivity contribution < 1.29 is 17.6 Å². The van der Waals surface area contributed by atoms with E-state index in [1.807, 2.05) is 12.1 Å². The van der Waals surface area contributed by atoms with Crippen molar-refractivity contribution in [3.8, 4) is 0 Å². The summed E-state index contributed by atoms with van der Waals surface area (Å²) < 4.78 is 40.4. The summed E-state index contributed by atoms with van der Waals surface area (Å²) in [5, 5.41) is 0. The molecule has 5 rings (SSSR count). The summed E-state index contributed by atoms with van der Waals surface area (Å²) in [6.07, 6.45) is 6.57. The summed E-state index contributed by atoms with van der Waals surface area (Å²) in [5.41, 5.74) is 3.13. The molecule has 2 heterocycles. The molecule has 30 heavy (non-hydrogen) atoms. The van der Waals surface area contributed by atoms with Crippen LogP contribution in [0.2, 0.25) is 0 Å². The molecule has 5 nitrogen and oxygen atoms in total. The van der Waals surface area contributed by atoms with Crippen molar-refractivity contribution in [1.29, 1.82) is 0 Å². The van der Waals surface area contributed by atoms with Gasteiger partial charge in [-0.15, -0.1) is 0 Å². The van der Waals surface area contributed by atoms with Gasteiger partial charge < -0.3 is 4.90 Å². The zero-order chi connectivity index (χ0) is 21.1. The Morgan fingerprint density at radius 1 is 1.07 bits per heavy atom. The van der Waals surface area contributed by atoms with Crippen molar-refractivity contribution in [2.24, 2.45) is 0 Å². The van der Waals surface area contributed by atoms with Crippen molar-refractivity contribution in [2.45, 2.75) is 43.9 Å². The van der Waals surface area contributed by atoms with Gasteiger partial charge in [-0.3, -0.25) is 9.10 Å². The molecule has 158 valence electrons.